The first-order valence-electron chi connectivity index (χ1n) is 5.88. The largest absolute Gasteiger partial charge is 0.259 e. The molecule has 1 aromatic heterocycles. The highest BCUT2D eigenvalue weighted by Gasteiger charge is 2.06. The zero-order valence-electron chi connectivity index (χ0n) is 10.1. The first-order chi connectivity index (χ1) is 8.83. The van der Waals surface area contributed by atoms with Crippen LogP contribution in [0.25, 0.3) is 22.8 Å². The van der Waals surface area contributed by atoms with E-state index in [1.807, 2.05) is 42.5 Å². The molecule has 18 heavy (non-hydrogen) atoms. The van der Waals surface area contributed by atoms with Crippen LogP contribution in [0.5, 0.6) is 0 Å². The smallest absolute Gasteiger partial charge is 0.181 e. The number of aryl methyl sites for hydroxylation is 1. The third kappa shape index (κ3) is 2.02. The first kappa shape index (κ1) is 10.7. The van der Waals surface area contributed by atoms with Crippen molar-refractivity contribution in [2.75, 3.05) is 0 Å². The predicted molar refractivity (Wildman–Crippen MR) is 72.0 cm³/mol. The van der Waals surface area contributed by atoms with Gasteiger partial charge in [0, 0.05) is 11.1 Å². The molecule has 0 fully saturated rings. The second kappa shape index (κ2) is 4.45. The summed E-state index contributed by atoms with van der Waals surface area (Å²) in [5.41, 5.74) is 3.31. The molecule has 1 N–H and O–H groups in total. The van der Waals surface area contributed by atoms with Gasteiger partial charge in [-0.15, -0.1) is 0 Å². The lowest BCUT2D eigenvalue weighted by atomic mass is 10.1. The number of hydrogen-bond acceptors (Lipinski definition) is 2. The first-order valence-corrected chi connectivity index (χ1v) is 5.88. The highest BCUT2D eigenvalue weighted by atomic mass is 15.2. The summed E-state index contributed by atoms with van der Waals surface area (Å²) in [4.78, 5) is 4.51. The maximum Gasteiger partial charge on any atom is 0.181 e. The van der Waals surface area contributed by atoms with Crippen LogP contribution in [0.2, 0.25) is 0 Å². The Morgan fingerprint density at radius 1 is 0.833 bits per heavy atom. The van der Waals surface area contributed by atoms with Crippen LogP contribution >= 0.6 is 0 Å². The molecule has 0 saturated heterocycles. The molecule has 0 aliphatic rings. The van der Waals surface area contributed by atoms with Crippen molar-refractivity contribution >= 4 is 0 Å². The number of H-pyrrole nitrogens is 1. The lowest BCUT2D eigenvalue weighted by molar-refractivity contribution is 1.10. The molecule has 88 valence electrons. The van der Waals surface area contributed by atoms with Crippen molar-refractivity contribution in [1.82, 2.24) is 15.2 Å². The fourth-order valence-electron chi connectivity index (χ4n) is 1.82. The van der Waals surface area contributed by atoms with Crippen LogP contribution in [-0.4, -0.2) is 15.2 Å². The Balaban J connectivity index is 1.97. The number of nitrogens with one attached hydrogen (secondary N) is 1. The standard InChI is InChI=1S/C15H13N3/c1-11-7-9-13(10-8-11)15-16-14(17-18-15)12-5-3-2-4-6-12/h2-10H,1H3,(H,16,17,18). The van der Waals surface area contributed by atoms with Gasteiger partial charge in [-0.1, -0.05) is 60.2 Å². The summed E-state index contributed by atoms with van der Waals surface area (Å²) < 4.78 is 0. The average molecular weight is 235 g/mol. The number of aromatic nitrogens is 3. The Labute approximate surface area is 106 Å². The molecule has 0 aliphatic carbocycles. The zero-order valence-corrected chi connectivity index (χ0v) is 10.1. The van der Waals surface area contributed by atoms with Crippen LogP contribution in [0, 0.1) is 6.92 Å². The summed E-state index contributed by atoms with van der Waals surface area (Å²) in [6, 6.07) is 18.2. The molecule has 0 radical (unpaired) electrons. The van der Waals surface area contributed by atoms with E-state index in [1.54, 1.807) is 0 Å². The molecule has 0 saturated carbocycles. The number of aromatic amines is 1. The molecule has 0 amide bonds. The van der Waals surface area contributed by atoms with E-state index in [0.29, 0.717) is 0 Å². The Hall–Kier alpha value is -2.42. The van der Waals surface area contributed by atoms with Crippen molar-refractivity contribution in [2.24, 2.45) is 0 Å². The van der Waals surface area contributed by atoms with E-state index in [0.717, 1.165) is 22.8 Å². The zero-order chi connectivity index (χ0) is 12.4. The summed E-state index contributed by atoms with van der Waals surface area (Å²) in [6.45, 7) is 2.07. The molecule has 0 unspecified atom stereocenters. The fourth-order valence-corrected chi connectivity index (χ4v) is 1.82. The van der Waals surface area contributed by atoms with E-state index in [1.165, 1.54) is 5.56 Å². The van der Waals surface area contributed by atoms with Crippen molar-refractivity contribution < 1.29 is 0 Å². The van der Waals surface area contributed by atoms with Gasteiger partial charge in [0.15, 0.2) is 11.6 Å². The Morgan fingerprint density at radius 2 is 1.56 bits per heavy atom. The van der Waals surface area contributed by atoms with E-state index >= 15 is 0 Å². The van der Waals surface area contributed by atoms with Gasteiger partial charge >= 0.3 is 0 Å². The molecule has 3 nitrogen and oxygen atoms in total. The van der Waals surface area contributed by atoms with Gasteiger partial charge in [-0.05, 0) is 6.92 Å². The maximum atomic E-state index is 4.51. The molecule has 0 aliphatic heterocycles. The average Bonchev–Trinajstić information content (AvgIpc) is 2.90. The molecular formula is C15H13N3. The predicted octanol–water partition coefficient (Wildman–Crippen LogP) is 3.45. The SMILES string of the molecule is Cc1ccc(-c2n[nH]c(-c3ccccc3)n2)cc1. The number of rotatable bonds is 2. The summed E-state index contributed by atoms with van der Waals surface area (Å²) in [6.07, 6.45) is 0. The molecular weight excluding hydrogens is 222 g/mol. The quantitative estimate of drug-likeness (QED) is 0.739. The topological polar surface area (TPSA) is 41.6 Å². The Kier molecular flexibility index (Phi) is 2.65. The lowest BCUT2D eigenvalue weighted by Gasteiger charge is -1.95. The van der Waals surface area contributed by atoms with Crippen LogP contribution in [0.15, 0.2) is 54.6 Å². The van der Waals surface area contributed by atoms with Crippen molar-refractivity contribution in [3.63, 3.8) is 0 Å². The van der Waals surface area contributed by atoms with Gasteiger partial charge in [0.25, 0.3) is 0 Å². The van der Waals surface area contributed by atoms with Gasteiger partial charge in [0.05, 0.1) is 0 Å². The Morgan fingerprint density at radius 3 is 2.28 bits per heavy atom. The van der Waals surface area contributed by atoms with E-state index in [4.69, 9.17) is 0 Å². The van der Waals surface area contributed by atoms with E-state index in [2.05, 4.69) is 34.2 Å². The molecule has 1 heterocycles. The highest BCUT2D eigenvalue weighted by molar-refractivity contribution is 5.61. The molecule has 2 aromatic carbocycles. The second-order valence-corrected chi connectivity index (χ2v) is 4.24. The van der Waals surface area contributed by atoms with Gasteiger partial charge < -0.3 is 0 Å². The summed E-state index contributed by atoms with van der Waals surface area (Å²) in [5, 5.41) is 7.23. The van der Waals surface area contributed by atoms with Gasteiger partial charge in [0.2, 0.25) is 0 Å². The van der Waals surface area contributed by atoms with Crippen LogP contribution < -0.4 is 0 Å². The Bertz CT molecular complexity index is 639. The summed E-state index contributed by atoms with van der Waals surface area (Å²) >= 11 is 0. The van der Waals surface area contributed by atoms with Crippen molar-refractivity contribution in [3.05, 3.63) is 60.2 Å². The number of hydrogen-bond donors (Lipinski definition) is 1. The van der Waals surface area contributed by atoms with Gasteiger partial charge in [0.1, 0.15) is 0 Å². The minimum atomic E-state index is 0.730. The maximum absolute atomic E-state index is 4.51. The minimum absolute atomic E-state index is 0.730. The van der Waals surface area contributed by atoms with E-state index in [-0.39, 0.29) is 0 Å². The van der Waals surface area contributed by atoms with Crippen molar-refractivity contribution in [2.45, 2.75) is 6.92 Å². The molecule has 3 rings (SSSR count). The molecule has 3 heteroatoms. The van der Waals surface area contributed by atoms with Crippen molar-refractivity contribution in [3.8, 4) is 22.8 Å². The normalized spacial score (nSPS) is 10.5. The third-order valence-corrected chi connectivity index (χ3v) is 2.84. The van der Waals surface area contributed by atoms with Crippen LogP contribution in [-0.2, 0) is 0 Å². The molecule has 0 atom stereocenters. The van der Waals surface area contributed by atoms with Crippen LogP contribution in [0.4, 0.5) is 0 Å². The summed E-state index contributed by atoms with van der Waals surface area (Å²) in [5.74, 6) is 1.53. The number of benzene rings is 2. The van der Waals surface area contributed by atoms with Crippen LogP contribution in [0.1, 0.15) is 5.56 Å². The monoisotopic (exact) mass is 235 g/mol. The van der Waals surface area contributed by atoms with Crippen LogP contribution in [0.3, 0.4) is 0 Å². The van der Waals surface area contributed by atoms with Gasteiger partial charge in [-0.25, -0.2) is 4.98 Å². The minimum Gasteiger partial charge on any atom is -0.259 e. The third-order valence-electron chi connectivity index (χ3n) is 2.84. The van der Waals surface area contributed by atoms with Gasteiger partial charge in [-0.2, -0.15) is 5.10 Å². The molecule has 3 aromatic rings. The van der Waals surface area contributed by atoms with E-state index < -0.39 is 0 Å². The van der Waals surface area contributed by atoms with Crippen molar-refractivity contribution in [1.29, 1.82) is 0 Å². The highest BCUT2D eigenvalue weighted by Crippen LogP contribution is 2.19. The number of nitrogens with zero attached hydrogens (tertiary/aromatic N) is 2. The second-order valence-electron chi connectivity index (χ2n) is 4.24. The fraction of sp³-hybridized carbons (Fsp3) is 0.0667. The molecule has 0 spiro atoms. The molecule has 0 bridgehead atoms. The summed E-state index contributed by atoms with van der Waals surface area (Å²) in [7, 11) is 0. The van der Waals surface area contributed by atoms with Gasteiger partial charge in [-0.3, -0.25) is 5.10 Å². The lowest BCUT2D eigenvalue weighted by Crippen LogP contribution is -1.81. The van der Waals surface area contributed by atoms with E-state index in [9.17, 15) is 0 Å².